The van der Waals surface area contributed by atoms with Crippen LogP contribution in [0, 0.1) is 6.92 Å². The summed E-state index contributed by atoms with van der Waals surface area (Å²) in [5.41, 5.74) is 2.71. The Morgan fingerprint density at radius 2 is 1.86 bits per heavy atom. The Bertz CT molecular complexity index is 854. The predicted octanol–water partition coefficient (Wildman–Crippen LogP) is 2.68. The molecule has 2 atom stereocenters. The molecule has 1 heterocycles. The number of ether oxygens (including phenoxy) is 1. The third-order valence-corrected chi connectivity index (χ3v) is 4.52. The highest BCUT2D eigenvalue weighted by molar-refractivity contribution is 5.94. The van der Waals surface area contributed by atoms with Crippen LogP contribution in [0.2, 0.25) is 0 Å². The molecule has 0 aliphatic carbocycles. The van der Waals surface area contributed by atoms with Crippen molar-refractivity contribution >= 4 is 23.7 Å². The molecule has 1 aliphatic rings. The van der Waals surface area contributed by atoms with Crippen molar-refractivity contribution in [1.29, 1.82) is 0 Å². The summed E-state index contributed by atoms with van der Waals surface area (Å²) in [7, 11) is 0. The van der Waals surface area contributed by atoms with E-state index >= 15 is 0 Å². The number of carbonyl (C=O) groups excluding carboxylic acids is 3. The van der Waals surface area contributed by atoms with Gasteiger partial charge in [-0.25, -0.2) is 14.4 Å². The first-order chi connectivity index (χ1) is 13.5. The molecule has 0 radical (unpaired) electrons. The molecule has 0 saturated carbocycles. The minimum atomic E-state index is -0.797. The van der Waals surface area contributed by atoms with Gasteiger partial charge in [0.05, 0.1) is 0 Å². The molecule has 7 nitrogen and oxygen atoms in total. The quantitative estimate of drug-likeness (QED) is 0.547. The highest BCUT2D eigenvalue weighted by Gasteiger charge is 2.32. The Morgan fingerprint density at radius 1 is 1.07 bits per heavy atom. The molecular formula is C21H23N3O4. The lowest BCUT2D eigenvalue weighted by molar-refractivity contribution is -0.160. The summed E-state index contributed by atoms with van der Waals surface area (Å²) in [6.45, 7) is 1.52. The van der Waals surface area contributed by atoms with Gasteiger partial charge in [0.15, 0.2) is 0 Å². The van der Waals surface area contributed by atoms with Gasteiger partial charge in [-0.3, -0.25) is 5.32 Å². The summed E-state index contributed by atoms with van der Waals surface area (Å²) in [4.78, 5) is 35.9. The van der Waals surface area contributed by atoms with E-state index in [0.717, 1.165) is 17.5 Å². The van der Waals surface area contributed by atoms with Crippen molar-refractivity contribution in [2.75, 3.05) is 11.9 Å². The molecule has 1 saturated heterocycles. The average molecular weight is 381 g/mol. The second-order valence-electron chi connectivity index (χ2n) is 6.73. The van der Waals surface area contributed by atoms with Crippen molar-refractivity contribution in [3.05, 3.63) is 65.7 Å². The van der Waals surface area contributed by atoms with E-state index < -0.39 is 30.6 Å². The van der Waals surface area contributed by atoms with Gasteiger partial charge in [0.1, 0.15) is 12.6 Å². The van der Waals surface area contributed by atoms with Crippen molar-refractivity contribution in [2.24, 2.45) is 0 Å². The maximum atomic E-state index is 12.2. The van der Waals surface area contributed by atoms with Gasteiger partial charge in [-0.1, -0.05) is 42.5 Å². The first kappa shape index (κ1) is 19.6. The zero-order valence-electron chi connectivity index (χ0n) is 15.6. The number of nitrogens with one attached hydrogen (secondary N) is 3. The lowest BCUT2D eigenvalue weighted by Crippen LogP contribution is -2.39. The Balaban J connectivity index is 1.41. The van der Waals surface area contributed by atoms with Crippen LogP contribution in [0.15, 0.2) is 54.6 Å². The third kappa shape index (κ3) is 5.40. The first-order valence-corrected chi connectivity index (χ1v) is 9.18. The normalized spacial score (nSPS) is 18.3. The zero-order valence-corrected chi connectivity index (χ0v) is 15.6. The summed E-state index contributed by atoms with van der Waals surface area (Å²) in [6, 6.07) is 16.1. The van der Waals surface area contributed by atoms with Crippen molar-refractivity contribution < 1.29 is 19.1 Å². The van der Waals surface area contributed by atoms with Crippen LogP contribution in [0.25, 0.3) is 0 Å². The largest absolute Gasteiger partial charge is 0.391 e. The number of carbonyl (C=O) groups is 3. The molecule has 0 bridgehead atoms. The molecule has 3 N–H and O–H groups in total. The molecule has 2 aromatic carbocycles. The van der Waals surface area contributed by atoms with Gasteiger partial charge in [-0.05, 0) is 43.0 Å². The van der Waals surface area contributed by atoms with Gasteiger partial charge in [-0.2, -0.15) is 0 Å². The van der Waals surface area contributed by atoms with Crippen LogP contribution in [-0.2, 0) is 14.3 Å². The predicted molar refractivity (Wildman–Crippen MR) is 105 cm³/mol. The Morgan fingerprint density at radius 3 is 2.61 bits per heavy atom. The number of esters is 2. The number of hydrogen-bond acceptors (Lipinski definition) is 5. The molecule has 146 valence electrons. The third-order valence-electron chi connectivity index (χ3n) is 4.52. The Kier molecular flexibility index (Phi) is 6.39. The lowest BCUT2D eigenvalue weighted by atomic mass is 10.1. The fraction of sp³-hybridized carbons (Fsp3) is 0.286. The molecule has 3 rings (SSSR count). The van der Waals surface area contributed by atoms with E-state index in [0.29, 0.717) is 12.1 Å². The van der Waals surface area contributed by atoms with Crippen molar-refractivity contribution in [2.45, 2.75) is 31.8 Å². The van der Waals surface area contributed by atoms with E-state index in [1.807, 2.05) is 49.4 Å². The highest BCUT2D eigenvalue weighted by atomic mass is 16.6. The van der Waals surface area contributed by atoms with Gasteiger partial charge in [0.2, 0.25) is 0 Å². The molecule has 28 heavy (non-hydrogen) atoms. The van der Waals surface area contributed by atoms with Crippen LogP contribution < -0.4 is 16.0 Å². The summed E-state index contributed by atoms with van der Waals surface area (Å²) in [6.07, 6.45) is 1.38. The minimum Gasteiger partial charge on any atom is -0.391 e. The number of hydrogen-bond donors (Lipinski definition) is 3. The monoisotopic (exact) mass is 381 g/mol. The molecule has 1 aliphatic heterocycles. The van der Waals surface area contributed by atoms with E-state index in [1.165, 1.54) is 0 Å². The van der Waals surface area contributed by atoms with Crippen LogP contribution in [0.1, 0.15) is 30.0 Å². The van der Waals surface area contributed by atoms with Crippen LogP contribution in [0.5, 0.6) is 0 Å². The van der Waals surface area contributed by atoms with Crippen LogP contribution in [-0.4, -0.2) is 30.6 Å². The highest BCUT2D eigenvalue weighted by Crippen LogP contribution is 2.26. The van der Waals surface area contributed by atoms with Gasteiger partial charge >= 0.3 is 18.0 Å². The molecule has 0 spiro atoms. The number of rotatable bonds is 5. The molecule has 2 amide bonds. The molecule has 0 aromatic heterocycles. The average Bonchev–Trinajstić information content (AvgIpc) is 3.17. The Hall–Kier alpha value is -3.19. The summed E-state index contributed by atoms with van der Waals surface area (Å²) in [5, 5.41) is 8.19. The van der Waals surface area contributed by atoms with Crippen LogP contribution in [0.3, 0.4) is 0 Å². The zero-order chi connectivity index (χ0) is 19.9. The molecular weight excluding hydrogens is 358 g/mol. The van der Waals surface area contributed by atoms with E-state index in [9.17, 15) is 14.4 Å². The van der Waals surface area contributed by atoms with Crippen LogP contribution in [0.4, 0.5) is 10.5 Å². The van der Waals surface area contributed by atoms with Gasteiger partial charge in [-0.15, -0.1) is 0 Å². The van der Waals surface area contributed by atoms with E-state index in [4.69, 9.17) is 4.74 Å². The van der Waals surface area contributed by atoms with E-state index in [-0.39, 0.29) is 6.04 Å². The topological polar surface area (TPSA) is 96.5 Å². The molecule has 1 unspecified atom stereocenters. The number of benzene rings is 2. The SMILES string of the molecule is Cc1cccc(NC(=O)NCC(=O)OC(=O)[C@@H]2CCC(c3ccccc3)N2)c1. The van der Waals surface area contributed by atoms with Crippen molar-refractivity contribution in [3.63, 3.8) is 0 Å². The first-order valence-electron chi connectivity index (χ1n) is 9.18. The maximum absolute atomic E-state index is 12.2. The van der Waals surface area contributed by atoms with E-state index in [1.54, 1.807) is 12.1 Å². The van der Waals surface area contributed by atoms with Gasteiger partial charge in [0, 0.05) is 11.7 Å². The van der Waals surface area contributed by atoms with Gasteiger partial charge < -0.3 is 15.4 Å². The fourth-order valence-electron chi connectivity index (χ4n) is 3.15. The number of aryl methyl sites for hydroxylation is 1. The molecule has 7 heteroatoms. The second kappa shape index (κ2) is 9.14. The van der Waals surface area contributed by atoms with Crippen molar-refractivity contribution in [1.82, 2.24) is 10.6 Å². The minimum absolute atomic E-state index is 0.0621. The smallest absolute Gasteiger partial charge is 0.333 e. The van der Waals surface area contributed by atoms with E-state index in [2.05, 4.69) is 16.0 Å². The number of anilines is 1. The van der Waals surface area contributed by atoms with Crippen molar-refractivity contribution in [3.8, 4) is 0 Å². The Labute approximate surface area is 163 Å². The molecule has 1 fully saturated rings. The fourth-order valence-corrected chi connectivity index (χ4v) is 3.15. The maximum Gasteiger partial charge on any atom is 0.333 e. The summed E-state index contributed by atoms with van der Waals surface area (Å²) in [5.74, 6) is -1.42. The number of amides is 2. The summed E-state index contributed by atoms with van der Waals surface area (Å²) < 4.78 is 4.86. The molecule has 2 aromatic rings. The standard InChI is InChI=1S/C21H23N3O4/c1-14-6-5-9-16(12-14)23-21(27)22-13-19(25)28-20(26)18-11-10-17(24-18)15-7-3-2-4-8-15/h2-9,12,17-18,24H,10-11,13H2,1H3,(H2,22,23,27)/t17?,18-/m0/s1. The number of urea groups is 1. The second-order valence-corrected chi connectivity index (χ2v) is 6.73. The van der Waals surface area contributed by atoms with Gasteiger partial charge in [0.25, 0.3) is 0 Å². The van der Waals surface area contributed by atoms with Crippen LogP contribution >= 0.6 is 0 Å². The lowest BCUT2D eigenvalue weighted by Gasteiger charge is -2.13. The summed E-state index contributed by atoms with van der Waals surface area (Å²) >= 11 is 0.